The summed E-state index contributed by atoms with van der Waals surface area (Å²) in [5, 5.41) is 0. The fourth-order valence-electron chi connectivity index (χ4n) is 1.49. The maximum absolute atomic E-state index is 13.0. The lowest BCUT2D eigenvalue weighted by atomic mass is 10.1. The third-order valence-electron chi connectivity index (χ3n) is 2.36. The van der Waals surface area contributed by atoms with Crippen molar-refractivity contribution >= 4 is 0 Å². The Morgan fingerprint density at radius 1 is 1.00 bits per heavy atom. The fourth-order valence-corrected chi connectivity index (χ4v) is 1.49. The molecule has 0 spiro atoms. The molecule has 0 atom stereocenters. The van der Waals surface area contributed by atoms with Gasteiger partial charge in [-0.3, -0.25) is 4.98 Å². The molecule has 16 heavy (non-hydrogen) atoms. The second-order valence-corrected chi connectivity index (χ2v) is 3.73. The Labute approximate surface area is 92.8 Å². The van der Waals surface area contributed by atoms with Crippen LogP contribution in [-0.2, 0) is 6.42 Å². The monoisotopic (exact) mass is 219 g/mol. The highest BCUT2D eigenvalue weighted by Gasteiger charge is 2.03. The Balaban J connectivity index is 2.20. The highest BCUT2D eigenvalue weighted by molar-refractivity contribution is 5.25. The molecule has 1 heterocycles. The molecule has 0 unspecified atom stereocenters. The number of pyridine rings is 1. The number of aromatic nitrogens is 1. The normalized spacial score (nSPS) is 10.4. The summed E-state index contributed by atoms with van der Waals surface area (Å²) in [5.41, 5.74) is 2.66. The van der Waals surface area contributed by atoms with Crippen molar-refractivity contribution in [2.24, 2.45) is 0 Å². The van der Waals surface area contributed by atoms with Gasteiger partial charge >= 0.3 is 0 Å². The Bertz CT molecular complexity index is 492. The van der Waals surface area contributed by atoms with E-state index in [0.29, 0.717) is 6.42 Å². The lowest BCUT2D eigenvalue weighted by Gasteiger charge is -2.02. The molecule has 0 aliphatic carbocycles. The van der Waals surface area contributed by atoms with Crippen LogP contribution in [0.4, 0.5) is 8.78 Å². The summed E-state index contributed by atoms with van der Waals surface area (Å²) < 4.78 is 25.7. The molecule has 0 saturated heterocycles. The molecule has 0 fully saturated rings. The molecule has 1 aromatic heterocycles. The molecule has 2 aromatic rings. The van der Waals surface area contributed by atoms with E-state index in [4.69, 9.17) is 0 Å². The summed E-state index contributed by atoms with van der Waals surface area (Å²) in [6, 6.07) is 7.78. The number of nitrogens with zero attached hydrogens (tertiary/aromatic N) is 1. The first-order valence-corrected chi connectivity index (χ1v) is 5.00. The van der Waals surface area contributed by atoms with E-state index in [1.165, 1.54) is 6.07 Å². The minimum absolute atomic E-state index is 0.560. The molecule has 1 aromatic carbocycles. The van der Waals surface area contributed by atoms with E-state index in [1.807, 2.05) is 19.1 Å². The highest BCUT2D eigenvalue weighted by atomic mass is 19.2. The van der Waals surface area contributed by atoms with Crippen LogP contribution in [0.3, 0.4) is 0 Å². The maximum atomic E-state index is 13.0. The van der Waals surface area contributed by atoms with Gasteiger partial charge in [-0.1, -0.05) is 12.1 Å². The van der Waals surface area contributed by atoms with Crippen molar-refractivity contribution in [2.75, 3.05) is 0 Å². The topological polar surface area (TPSA) is 12.9 Å². The third kappa shape index (κ3) is 2.42. The molecular formula is C13H11F2N. The van der Waals surface area contributed by atoms with Crippen LogP contribution < -0.4 is 0 Å². The van der Waals surface area contributed by atoms with Gasteiger partial charge in [0.25, 0.3) is 0 Å². The van der Waals surface area contributed by atoms with Crippen LogP contribution in [0.25, 0.3) is 0 Å². The van der Waals surface area contributed by atoms with Crippen LogP contribution >= 0.6 is 0 Å². The first kappa shape index (κ1) is 10.7. The van der Waals surface area contributed by atoms with Gasteiger partial charge in [0.2, 0.25) is 0 Å². The Hall–Kier alpha value is -1.77. The highest BCUT2D eigenvalue weighted by Crippen LogP contribution is 2.13. The van der Waals surface area contributed by atoms with Crippen LogP contribution in [0.1, 0.15) is 16.8 Å². The van der Waals surface area contributed by atoms with E-state index < -0.39 is 11.6 Å². The zero-order valence-electron chi connectivity index (χ0n) is 8.87. The summed E-state index contributed by atoms with van der Waals surface area (Å²) in [4.78, 5) is 4.15. The molecular weight excluding hydrogens is 208 g/mol. The largest absolute Gasteiger partial charge is 0.261 e. The molecule has 2 rings (SSSR count). The first-order chi connectivity index (χ1) is 7.65. The van der Waals surface area contributed by atoms with Gasteiger partial charge in [-0.25, -0.2) is 8.78 Å². The van der Waals surface area contributed by atoms with Crippen molar-refractivity contribution in [1.82, 2.24) is 4.98 Å². The van der Waals surface area contributed by atoms with Crippen LogP contribution in [0.5, 0.6) is 0 Å². The minimum Gasteiger partial charge on any atom is -0.261 e. The lowest BCUT2D eigenvalue weighted by Crippen LogP contribution is -1.93. The molecule has 3 heteroatoms. The summed E-state index contributed by atoms with van der Waals surface area (Å²) in [6.45, 7) is 1.90. The van der Waals surface area contributed by atoms with Gasteiger partial charge in [0, 0.05) is 11.9 Å². The standard InChI is InChI=1S/C13H11F2N/c1-9-2-3-11(8-16-9)6-10-4-5-12(14)13(15)7-10/h2-5,7-8H,6H2,1H3. The van der Waals surface area contributed by atoms with Crippen molar-refractivity contribution in [3.63, 3.8) is 0 Å². The van der Waals surface area contributed by atoms with Crippen LogP contribution in [0, 0.1) is 18.6 Å². The average molecular weight is 219 g/mol. The van der Waals surface area contributed by atoms with Crippen molar-refractivity contribution in [3.05, 3.63) is 65.0 Å². The summed E-state index contributed by atoms with van der Waals surface area (Å²) in [7, 11) is 0. The van der Waals surface area contributed by atoms with Gasteiger partial charge < -0.3 is 0 Å². The Morgan fingerprint density at radius 2 is 1.75 bits per heavy atom. The van der Waals surface area contributed by atoms with Crippen molar-refractivity contribution in [1.29, 1.82) is 0 Å². The van der Waals surface area contributed by atoms with Crippen molar-refractivity contribution in [3.8, 4) is 0 Å². The fraction of sp³-hybridized carbons (Fsp3) is 0.154. The molecule has 0 saturated carbocycles. The molecule has 0 amide bonds. The van der Waals surface area contributed by atoms with E-state index in [0.717, 1.165) is 22.9 Å². The second-order valence-electron chi connectivity index (χ2n) is 3.73. The number of hydrogen-bond donors (Lipinski definition) is 0. The van der Waals surface area contributed by atoms with Crippen molar-refractivity contribution < 1.29 is 8.78 Å². The van der Waals surface area contributed by atoms with Gasteiger partial charge in [0.05, 0.1) is 0 Å². The third-order valence-corrected chi connectivity index (χ3v) is 2.36. The quantitative estimate of drug-likeness (QED) is 0.755. The van der Waals surface area contributed by atoms with Gasteiger partial charge in [0.1, 0.15) is 0 Å². The van der Waals surface area contributed by atoms with E-state index in [9.17, 15) is 8.78 Å². The summed E-state index contributed by atoms with van der Waals surface area (Å²) >= 11 is 0. The molecule has 0 bridgehead atoms. The number of aryl methyl sites for hydroxylation is 1. The molecule has 0 N–H and O–H groups in total. The first-order valence-electron chi connectivity index (χ1n) is 5.00. The molecule has 0 aliphatic rings. The number of halogens is 2. The van der Waals surface area contributed by atoms with Crippen LogP contribution in [0.15, 0.2) is 36.5 Å². The van der Waals surface area contributed by atoms with E-state index in [1.54, 1.807) is 12.3 Å². The number of benzene rings is 1. The van der Waals surface area contributed by atoms with Crippen LogP contribution in [-0.4, -0.2) is 4.98 Å². The van der Waals surface area contributed by atoms with Gasteiger partial charge in [-0.15, -0.1) is 0 Å². The van der Waals surface area contributed by atoms with E-state index in [-0.39, 0.29) is 0 Å². The van der Waals surface area contributed by atoms with E-state index >= 15 is 0 Å². The van der Waals surface area contributed by atoms with Gasteiger partial charge in [0.15, 0.2) is 11.6 Å². The predicted octanol–water partition coefficient (Wildman–Crippen LogP) is 3.26. The summed E-state index contributed by atoms with van der Waals surface area (Å²) in [6.07, 6.45) is 2.31. The number of rotatable bonds is 2. The Kier molecular flexibility index (Phi) is 2.95. The van der Waals surface area contributed by atoms with Crippen molar-refractivity contribution in [2.45, 2.75) is 13.3 Å². The zero-order valence-corrected chi connectivity index (χ0v) is 8.87. The van der Waals surface area contributed by atoms with Gasteiger partial charge in [-0.2, -0.15) is 0 Å². The molecule has 1 nitrogen and oxygen atoms in total. The molecule has 0 aliphatic heterocycles. The summed E-state index contributed by atoms with van der Waals surface area (Å²) in [5.74, 6) is -1.62. The lowest BCUT2D eigenvalue weighted by molar-refractivity contribution is 0.507. The zero-order chi connectivity index (χ0) is 11.5. The molecule has 82 valence electrons. The SMILES string of the molecule is Cc1ccc(Cc2ccc(F)c(F)c2)cn1. The predicted molar refractivity (Wildman–Crippen MR) is 58.1 cm³/mol. The maximum Gasteiger partial charge on any atom is 0.159 e. The van der Waals surface area contributed by atoms with Gasteiger partial charge in [-0.05, 0) is 42.7 Å². The minimum atomic E-state index is -0.814. The Morgan fingerprint density at radius 3 is 2.38 bits per heavy atom. The molecule has 0 radical (unpaired) electrons. The van der Waals surface area contributed by atoms with Crippen LogP contribution in [0.2, 0.25) is 0 Å². The number of hydrogen-bond acceptors (Lipinski definition) is 1. The second kappa shape index (κ2) is 4.39. The smallest absolute Gasteiger partial charge is 0.159 e. The average Bonchev–Trinajstić information content (AvgIpc) is 2.27. The van der Waals surface area contributed by atoms with E-state index in [2.05, 4.69) is 4.98 Å².